The van der Waals surface area contributed by atoms with Gasteiger partial charge in [-0.1, -0.05) is 93.6 Å². The van der Waals surface area contributed by atoms with E-state index in [0.717, 1.165) is 55.7 Å². The maximum atomic E-state index is 13.2. The lowest BCUT2D eigenvalue weighted by atomic mass is 9.89. The minimum absolute atomic E-state index is 0.0374. The first-order valence-corrected chi connectivity index (χ1v) is 13.8. The first-order chi connectivity index (χ1) is 18.3. The molecule has 2 amide bonds. The molecule has 1 aliphatic heterocycles. The fourth-order valence-electron chi connectivity index (χ4n) is 5.08. The molecule has 2 N–H and O–H groups in total. The van der Waals surface area contributed by atoms with Crippen LogP contribution < -0.4 is 10.6 Å². The molecule has 0 radical (unpaired) electrons. The standard InChI is InChI=1S/C33H41N3O2/c1-33(2,3)32(38)35-29-17-10-16-28(24-29)25-18-22-36(23-19-25)21-11-20-34-31(37)30(26-12-6-4-7-13-26)27-14-8-5-9-15-27/h4-10,12-17,24-25,30H,11,18-23H2,1-3H3,(H,34,37)(H,35,38). The largest absolute Gasteiger partial charge is 0.355 e. The molecule has 1 saturated heterocycles. The Morgan fingerprint density at radius 2 is 1.47 bits per heavy atom. The van der Waals surface area contributed by atoms with E-state index in [1.807, 2.05) is 93.6 Å². The van der Waals surface area contributed by atoms with E-state index in [4.69, 9.17) is 0 Å². The van der Waals surface area contributed by atoms with Crippen molar-refractivity contribution < 1.29 is 9.59 Å². The zero-order valence-electron chi connectivity index (χ0n) is 23.0. The summed E-state index contributed by atoms with van der Waals surface area (Å²) in [7, 11) is 0. The summed E-state index contributed by atoms with van der Waals surface area (Å²) in [5.74, 6) is 0.307. The fraction of sp³-hybridized carbons (Fsp3) is 0.394. The Hall–Kier alpha value is -3.44. The molecule has 1 heterocycles. The van der Waals surface area contributed by atoms with Crippen LogP contribution in [0.1, 0.15) is 68.6 Å². The number of hydrogen-bond acceptors (Lipinski definition) is 3. The van der Waals surface area contributed by atoms with Crippen LogP contribution >= 0.6 is 0 Å². The second-order valence-electron chi connectivity index (χ2n) is 11.3. The number of hydrogen-bond donors (Lipinski definition) is 2. The van der Waals surface area contributed by atoms with E-state index >= 15 is 0 Å². The van der Waals surface area contributed by atoms with E-state index in [0.29, 0.717) is 12.5 Å². The van der Waals surface area contributed by atoms with E-state index < -0.39 is 5.41 Å². The quantitative estimate of drug-likeness (QED) is 0.337. The van der Waals surface area contributed by atoms with E-state index in [1.54, 1.807) is 0 Å². The predicted octanol–water partition coefficient (Wildman–Crippen LogP) is 6.19. The fourth-order valence-corrected chi connectivity index (χ4v) is 5.08. The second-order valence-corrected chi connectivity index (χ2v) is 11.3. The summed E-state index contributed by atoms with van der Waals surface area (Å²) in [5, 5.41) is 6.24. The van der Waals surface area contributed by atoms with Gasteiger partial charge in [0, 0.05) is 17.6 Å². The summed E-state index contributed by atoms with van der Waals surface area (Å²) in [6.07, 6.45) is 3.14. The topological polar surface area (TPSA) is 61.4 Å². The van der Waals surface area contributed by atoms with Crippen LogP contribution in [0.3, 0.4) is 0 Å². The van der Waals surface area contributed by atoms with Crippen molar-refractivity contribution in [2.75, 3.05) is 31.5 Å². The second kappa shape index (κ2) is 12.9. The van der Waals surface area contributed by atoms with Crippen molar-refractivity contribution in [3.8, 4) is 0 Å². The van der Waals surface area contributed by atoms with Gasteiger partial charge in [0.1, 0.15) is 0 Å². The highest BCUT2D eigenvalue weighted by Gasteiger charge is 2.24. The number of amides is 2. The van der Waals surface area contributed by atoms with Crippen LogP contribution in [0.4, 0.5) is 5.69 Å². The molecule has 4 rings (SSSR count). The lowest BCUT2D eigenvalue weighted by Gasteiger charge is -2.32. The summed E-state index contributed by atoms with van der Waals surface area (Å²) in [6.45, 7) is 9.54. The molecule has 0 aliphatic carbocycles. The molecule has 0 atom stereocenters. The highest BCUT2D eigenvalue weighted by Crippen LogP contribution is 2.30. The number of benzene rings is 3. The summed E-state index contributed by atoms with van der Waals surface area (Å²) in [5.41, 5.74) is 3.80. The Labute approximate surface area is 227 Å². The Morgan fingerprint density at radius 3 is 2.05 bits per heavy atom. The van der Waals surface area contributed by atoms with E-state index in [-0.39, 0.29) is 17.7 Å². The van der Waals surface area contributed by atoms with Gasteiger partial charge in [0.25, 0.3) is 0 Å². The number of rotatable bonds is 9. The van der Waals surface area contributed by atoms with Crippen LogP contribution in [0, 0.1) is 5.41 Å². The van der Waals surface area contributed by atoms with Crippen LogP contribution in [0.15, 0.2) is 84.9 Å². The molecule has 0 saturated carbocycles. The molecule has 5 heteroatoms. The maximum absolute atomic E-state index is 13.2. The SMILES string of the molecule is CC(C)(C)C(=O)Nc1cccc(C2CCN(CCCNC(=O)C(c3ccccc3)c3ccccc3)CC2)c1. The molecular formula is C33H41N3O2. The van der Waals surface area contributed by atoms with Gasteiger partial charge in [-0.2, -0.15) is 0 Å². The Morgan fingerprint density at radius 1 is 0.868 bits per heavy atom. The van der Waals surface area contributed by atoms with E-state index in [9.17, 15) is 9.59 Å². The molecule has 38 heavy (non-hydrogen) atoms. The Bertz CT molecular complexity index is 1140. The van der Waals surface area contributed by atoms with Crippen LogP contribution in [-0.4, -0.2) is 42.9 Å². The first kappa shape index (κ1) is 27.6. The average molecular weight is 512 g/mol. The third-order valence-corrected chi connectivity index (χ3v) is 7.36. The summed E-state index contributed by atoms with van der Waals surface area (Å²) < 4.78 is 0. The molecular weight excluding hydrogens is 470 g/mol. The van der Waals surface area contributed by atoms with Crippen LogP contribution in [-0.2, 0) is 9.59 Å². The van der Waals surface area contributed by atoms with Crippen LogP contribution in [0.2, 0.25) is 0 Å². The highest BCUT2D eigenvalue weighted by molar-refractivity contribution is 5.94. The molecule has 1 fully saturated rings. The molecule has 5 nitrogen and oxygen atoms in total. The molecule has 200 valence electrons. The monoisotopic (exact) mass is 511 g/mol. The van der Waals surface area contributed by atoms with Gasteiger partial charge in [-0.15, -0.1) is 0 Å². The van der Waals surface area contributed by atoms with Crippen molar-refractivity contribution in [1.82, 2.24) is 10.2 Å². The number of likely N-dealkylation sites (tertiary alicyclic amines) is 1. The number of nitrogens with one attached hydrogen (secondary N) is 2. The summed E-state index contributed by atoms with van der Waals surface area (Å²) >= 11 is 0. The van der Waals surface area contributed by atoms with Crippen molar-refractivity contribution in [3.05, 3.63) is 102 Å². The number of carbonyl (C=O) groups is 2. The van der Waals surface area contributed by atoms with Gasteiger partial charge in [0.05, 0.1) is 5.92 Å². The van der Waals surface area contributed by atoms with Gasteiger partial charge in [0.15, 0.2) is 0 Å². The lowest BCUT2D eigenvalue weighted by molar-refractivity contribution is -0.123. The van der Waals surface area contributed by atoms with E-state index in [1.165, 1.54) is 5.56 Å². The van der Waals surface area contributed by atoms with Crippen molar-refractivity contribution in [2.45, 2.75) is 51.9 Å². The van der Waals surface area contributed by atoms with Gasteiger partial charge in [-0.25, -0.2) is 0 Å². The number of carbonyl (C=O) groups excluding carboxylic acids is 2. The van der Waals surface area contributed by atoms with Crippen molar-refractivity contribution in [2.24, 2.45) is 5.41 Å². The van der Waals surface area contributed by atoms with Gasteiger partial charge >= 0.3 is 0 Å². The van der Waals surface area contributed by atoms with Crippen molar-refractivity contribution in [1.29, 1.82) is 0 Å². The lowest BCUT2D eigenvalue weighted by Crippen LogP contribution is -2.36. The number of piperidine rings is 1. The van der Waals surface area contributed by atoms with Gasteiger partial charge in [-0.05, 0) is 73.6 Å². The Balaban J connectivity index is 1.23. The van der Waals surface area contributed by atoms with E-state index in [2.05, 4.69) is 27.7 Å². The van der Waals surface area contributed by atoms with Gasteiger partial charge < -0.3 is 15.5 Å². The highest BCUT2D eigenvalue weighted by atomic mass is 16.2. The van der Waals surface area contributed by atoms with Crippen LogP contribution in [0.25, 0.3) is 0 Å². The van der Waals surface area contributed by atoms with Gasteiger partial charge in [-0.3, -0.25) is 9.59 Å². The molecule has 0 unspecified atom stereocenters. The number of anilines is 1. The summed E-state index contributed by atoms with van der Waals surface area (Å²) in [4.78, 5) is 28.1. The van der Waals surface area contributed by atoms with Crippen LogP contribution in [0.5, 0.6) is 0 Å². The zero-order valence-corrected chi connectivity index (χ0v) is 23.0. The predicted molar refractivity (Wildman–Crippen MR) is 155 cm³/mol. The third kappa shape index (κ3) is 7.55. The molecule has 3 aromatic carbocycles. The number of nitrogens with zero attached hydrogens (tertiary/aromatic N) is 1. The smallest absolute Gasteiger partial charge is 0.232 e. The average Bonchev–Trinajstić information content (AvgIpc) is 2.92. The van der Waals surface area contributed by atoms with Crippen molar-refractivity contribution >= 4 is 17.5 Å². The first-order valence-electron chi connectivity index (χ1n) is 13.8. The zero-order chi connectivity index (χ0) is 27.0. The molecule has 0 bridgehead atoms. The molecule has 0 aromatic heterocycles. The third-order valence-electron chi connectivity index (χ3n) is 7.36. The Kier molecular flexibility index (Phi) is 9.35. The minimum Gasteiger partial charge on any atom is -0.355 e. The molecule has 3 aromatic rings. The van der Waals surface area contributed by atoms with Gasteiger partial charge in [0.2, 0.25) is 11.8 Å². The normalized spacial score (nSPS) is 14.8. The molecule has 1 aliphatic rings. The minimum atomic E-state index is -0.412. The summed E-state index contributed by atoms with van der Waals surface area (Å²) in [6, 6.07) is 28.3. The van der Waals surface area contributed by atoms with Crippen molar-refractivity contribution in [3.63, 3.8) is 0 Å². The molecule has 0 spiro atoms. The maximum Gasteiger partial charge on any atom is 0.232 e.